The minimum absolute atomic E-state index is 0. The van der Waals surface area contributed by atoms with E-state index in [9.17, 15) is 0 Å². The largest absolute Gasteiger partial charge is 0.356 e. The molecule has 2 aromatic rings. The molecule has 1 aromatic heterocycles. The van der Waals surface area contributed by atoms with Gasteiger partial charge in [-0.3, -0.25) is 4.99 Å². The quantitative estimate of drug-likeness (QED) is 0.275. The summed E-state index contributed by atoms with van der Waals surface area (Å²) in [5, 5.41) is 10.9. The molecule has 0 saturated carbocycles. The number of hydrogen-bond donors (Lipinski definition) is 2. The van der Waals surface area contributed by atoms with E-state index in [-0.39, 0.29) is 24.0 Å². The molecule has 132 valence electrons. The van der Waals surface area contributed by atoms with Crippen LogP contribution < -0.4 is 10.6 Å². The van der Waals surface area contributed by atoms with Gasteiger partial charge in [-0.1, -0.05) is 12.1 Å². The van der Waals surface area contributed by atoms with E-state index < -0.39 is 0 Å². The summed E-state index contributed by atoms with van der Waals surface area (Å²) >= 11 is 1.89. The second-order valence-corrected chi connectivity index (χ2v) is 6.16. The summed E-state index contributed by atoms with van der Waals surface area (Å²) in [6.07, 6.45) is 8.27. The molecule has 0 fully saturated rings. The minimum atomic E-state index is 0. The standard InChI is InChI=1S/C17H25N5S.HI/c1-18-17(19-10-3-4-13-23-2)20-14-15-6-8-16(9-7-15)22-12-5-11-21-22;/h5-9,11-12H,3-4,10,13-14H2,1-2H3,(H2,18,19,20);1H. The predicted molar refractivity (Wildman–Crippen MR) is 115 cm³/mol. The first-order chi connectivity index (χ1) is 11.3. The van der Waals surface area contributed by atoms with Gasteiger partial charge in [0.15, 0.2) is 5.96 Å². The van der Waals surface area contributed by atoms with Crippen LogP contribution in [0.15, 0.2) is 47.7 Å². The van der Waals surface area contributed by atoms with E-state index in [1.165, 1.54) is 24.2 Å². The topological polar surface area (TPSA) is 54.2 Å². The van der Waals surface area contributed by atoms with E-state index in [0.717, 1.165) is 24.7 Å². The Balaban J connectivity index is 0.00000288. The first kappa shape index (κ1) is 20.8. The molecule has 0 aliphatic heterocycles. The molecule has 5 nitrogen and oxygen atoms in total. The van der Waals surface area contributed by atoms with Crippen molar-refractivity contribution in [3.05, 3.63) is 48.3 Å². The van der Waals surface area contributed by atoms with Gasteiger partial charge >= 0.3 is 0 Å². The molecule has 0 unspecified atom stereocenters. The normalized spacial score (nSPS) is 11.0. The molecule has 24 heavy (non-hydrogen) atoms. The summed E-state index contributed by atoms with van der Waals surface area (Å²) in [6, 6.07) is 10.3. The Bertz CT molecular complexity index is 584. The molecule has 0 spiro atoms. The molecular formula is C17H26IN5S. The van der Waals surface area contributed by atoms with Crippen molar-refractivity contribution in [3.8, 4) is 5.69 Å². The number of benzene rings is 1. The molecule has 7 heteroatoms. The fraction of sp³-hybridized carbons (Fsp3) is 0.412. The predicted octanol–water partition coefficient (Wildman–Crippen LogP) is 3.30. The molecule has 0 amide bonds. The van der Waals surface area contributed by atoms with Crippen LogP contribution in [-0.4, -0.2) is 41.3 Å². The van der Waals surface area contributed by atoms with Gasteiger partial charge in [0.25, 0.3) is 0 Å². The highest BCUT2D eigenvalue weighted by Gasteiger charge is 2.00. The maximum Gasteiger partial charge on any atom is 0.191 e. The molecule has 2 rings (SSSR count). The fourth-order valence-corrected chi connectivity index (χ4v) is 2.67. The lowest BCUT2D eigenvalue weighted by atomic mass is 10.2. The van der Waals surface area contributed by atoms with Crippen molar-refractivity contribution in [2.75, 3.05) is 25.6 Å². The number of hydrogen-bond acceptors (Lipinski definition) is 3. The third-order valence-corrected chi connectivity index (χ3v) is 4.15. The number of aromatic nitrogens is 2. The van der Waals surface area contributed by atoms with Crippen LogP contribution in [0.5, 0.6) is 0 Å². The average Bonchev–Trinajstić information content (AvgIpc) is 3.12. The highest BCUT2D eigenvalue weighted by Crippen LogP contribution is 2.08. The highest BCUT2D eigenvalue weighted by molar-refractivity contribution is 14.0. The zero-order valence-electron chi connectivity index (χ0n) is 14.2. The van der Waals surface area contributed by atoms with Crippen LogP contribution >= 0.6 is 35.7 Å². The van der Waals surface area contributed by atoms with E-state index in [2.05, 4.69) is 51.2 Å². The molecule has 1 heterocycles. The number of thioether (sulfide) groups is 1. The lowest BCUT2D eigenvalue weighted by Crippen LogP contribution is -2.37. The van der Waals surface area contributed by atoms with Crippen LogP contribution in [0.25, 0.3) is 5.69 Å². The molecule has 0 aliphatic carbocycles. The smallest absolute Gasteiger partial charge is 0.191 e. The van der Waals surface area contributed by atoms with Gasteiger partial charge in [0.05, 0.1) is 5.69 Å². The fourth-order valence-electron chi connectivity index (χ4n) is 2.17. The van der Waals surface area contributed by atoms with Crippen molar-refractivity contribution >= 4 is 41.7 Å². The molecule has 0 bridgehead atoms. The van der Waals surface area contributed by atoms with Gasteiger partial charge in [0.2, 0.25) is 0 Å². The van der Waals surface area contributed by atoms with Crippen molar-refractivity contribution in [3.63, 3.8) is 0 Å². The Kier molecular flexibility index (Phi) is 10.6. The lowest BCUT2D eigenvalue weighted by Gasteiger charge is -2.12. The van der Waals surface area contributed by atoms with E-state index >= 15 is 0 Å². The maximum atomic E-state index is 4.25. The molecule has 1 aromatic carbocycles. The van der Waals surface area contributed by atoms with Gasteiger partial charge in [0, 0.05) is 32.5 Å². The summed E-state index contributed by atoms with van der Waals surface area (Å²) in [7, 11) is 1.80. The second kappa shape index (κ2) is 12.2. The number of halogens is 1. The van der Waals surface area contributed by atoms with Gasteiger partial charge in [0.1, 0.15) is 0 Å². The Morgan fingerprint density at radius 1 is 1.21 bits per heavy atom. The van der Waals surface area contributed by atoms with E-state index in [0.29, 0.717) is 0 Å². The molecular weight excluding hydrogens is 433 g/mol. The van der Waals surface area contributed by atoms with Crippen molar-refractivity contribution in [1.82, 2.24) is 20.4 Å². The number of unbranched alkanes of at least 4 members (excludes halogenated alkanes) is 1. The first-order valence-electron chi connectivity index (χ1n) is 7.86. The Hall–Kier alpha value is -1.22. The Morgan fingerprint density at radius 3 is 2.62 bits per heavy atom. The number of aliphatic imine (C=N–C) groups is 1. The van der Waals surface area contributed by atoms with Crippen LogP contribution in [0.2, 0.25) is 0 Å². The maximum absolute atomic E-state index is 4.25. The van der Waals surface area contributed by atoms with Gasteiger partial charge in [-0.15, -0.1) is 24.0 Å². The van der Waals surface area contributed by atoms with Crippen molar-refractivity contribution in [2.24, 2.45) is 4.99 Å². The van der Waals surface area contributed by atoms with Crippen LogP contribution in [0, 0.1) is 0 Å². The van der Waals surface area contributed by atoms with E-state index in [1.807, 2.05) is 28.7 Å². The van der Waals surface area contributed by atoms with Gasteiger partial charge in [-0.05, 0) is 48.6 Å². The molecule has 0 atom stereocenters. The summed E-state index contributed by atoms with van der Waals surface area (Å²) in [5.41, 5.74) is 2.28. The number of nitrogens with one attached hydrogen (secondary N) is 2. The first-order valence-corrected chi connectivity index (χ1v) is 9.25. The van der Waals surface area contributed by atoms with Crippen molar-refractivity contribution in [1.29, 1.82) is 0 Å². The third-order valence-electron chi connectivity index (χ3n) is 3.46. The summed E-state index contributed by atoms with van der Waals surface area (Å²) in [6.45, 7) is 1.71. The third kappa shape index (κ3) is 7.12. The van der Waals surface area contributed by atoms with Crippen LogP contribution in [0.3, 0.4) is 0 Å². The second-order valence-electron chi connectivity index (χ2n) is 5.17. The van der Waals surface area contributed by atoms with Gasteiger partial charge < -0.3 is 10.6 Å². The summed E-state index contributed by atoms with van der Waals surface area (Å²) in [5.74, 6) is 2.07. The lowest BCUT2D eigenvalue weighted by molar-refractivity contribution is 0.733. The number of nitrogens with zero attached hydrogens (tertiary/aromatic N) is 3. The van der Waals surface area contributed by atoms with Crippen molar-refractivity contribution < 1.29 is 0 Å². The zero-order valence-corrected chi connectivity index (χ0v) is 17.4. The van der Waals surface area contributed by atoms with Gasteiger partial charge in [-0.2, -0.15) is 16.9 Å². The Morgan fingerprint density at radius 2 is 2.00 bits per heavy atom. The van der Waals surface area contributed by atoms with Gasteiger partial charge in [-0.25, -0.2) is 4.68 Å². The van der Waals surface area contributed by atoms with E-state index in [1.54, 1.807) is 13.2 Å². The van der Waals surface area contributed by atoms with E-state index in [4.69, 9.17) is 0 Å². The van der Waals surface area contributed by atoms with Crippen molar-refractivity contribution in [2.45, 2.75) is 19.4 Å². The number of rotatable bonds is 8. The molecule has 2 N–H and O–H groups in total. The zero-order chi connectivity index (χ0) is 16.3. The minimum Gasteiger partial charge on any atom is -0.356 e. The SMILES string of the molecule is CN=C(NCCCCSC)NCc1ccc(-n2cccn2)cc1.I. The Labute approximate surface area is 165 Å². The summed E-state index contributed by atoms with van der Waals surface area (Å²) in [4.78, 5) is 4.25. The van der Waals surface area contributed by atoms with Crippen LogP contribution in [0.1, 0.15) is 18.4 Å². The number of guanidine groups is 1. The monoisotopic (exact) mass is 459 g/mol. The summed E-state index contributed by atoms with van der Waals surface area (Å²) < 4.78 is 1.85. The van der Waals surface area contributed by atoms with Crippen LogP contribution in [-0.2, 0) is 6.54 Å². The molecule has 0 saturated heterocycles. The molecule has 0 aliphatic rings. The highest BCUT2D eigenvalue weighted by atomic mass is 127. The molecule has 0 radical (unpaired) electrons. The van der Waals surface area contributed by atoms with Crippen LogP contribution in [0.4, 0.5) is 0 Å². The average molecular weight is 459 g/mol.